The second-order valence-electron chi connectivity index (χ2n) is 3.39. The zero-order valence-corrected chi connectivity index (χ0v) is 8.87. The average molecular weight is 226 g/mol. The third kappa shape index (κ3) is 3.20. The molecule has 0 aliphatic rings. The Morgan fingerprint density at radius 1 is 1.44 bits per heavy atom. The van der Waals surface area contributed by atoms with Crippen LogP contribution < -0.4 is 11.1 Å². The molecule has 0 aliphatic carbocycles. The number of carbonyl (C=O) groups is 1. The molecule has 0 aromatic heterocycles. The van der Waals surface area contributed by atoms with Gasteiger partial charge in [-0.05, 0) is 25.0 Å². The van der Waals surface area contributed by atoms with E-state index in [9.17, 15) is 9.18 Å². The minimum Gasteiger partial charge on any atom is -0.396 e. The molecule has 0 heterocycles. The van der Waals surface area contributed by atoms with Gasteiger partial charge in [0, 0.05) is 13.2 Å². The number of amides is 1. The molecule has 0 bridgehead atoms. The van der Waals surface area contributed by atoms with E-state index in [2.05, 4.69) is 5.32 Å². The lowest BCUT2D eigenvalue weighted by atomic mass is 10.1. The molecular weight excluding hydrogens is 211 g/mol. The molecule has 1 aromatic carbocycles. The number of nitrogens with one attached hydrogen (secondary N) is 1. The number of carbonyl (C=O) groups excluding carboxylic acids is 1. The summed E-state index contributed by atoms with van der Waals surface area (Å²) >= 11 is 0. The van der Waals surface area contributed by atoms with Gasteiger partial charge in [0.05, 0.1) is 11.3 Å². The van der Waals surface area contributed by atoms with Crippen LogP contribution in [-0.2, 0) is 0 Å². The normalized spacial score (nSPS) is 10.1. The van der Waals surface area contributed by atoms with Gasteiger partial charge in [-0.2, -0.15) is 0 Å². The smallest absolute Gasteiger partial charge is 0.253 e. The third-order valence-corrected chi connectivity index (χ3v) is 2.17. The highest BCUT2D eigenvalue weighted by Gasteiger charge is 2.11. The first-order valence-electron chi connectivity index (χ1n) is 5.10. The summed E-state index contributed by atoms with van der Waals surface area (Å²) in [5, 5.41) is 11.2. The maximum Gasteiger partial charge on any atom is 0.253 e. The minimum atomic E-state index is -0.594. The molecule has 0 aliphatic heterocycles. The van der Waals surface area contributed by atoms with Crippen molar-refractivity contribution in [3.8, 4) is 0 Å². The lowest BCUT2D eigenvalue weighted by Crippen LogP contribution is -2.25. The monoisotopic (exact) mass is 226 g/mol. The zero-order chi connectivity index (χ0) is 12.0. The van der Waals surface area contributed by atoms with E-state index in [1.165, 1.54) is 18.2 Å². The van der Waals surface area contributed by atoms with Crippen LogP contribution in [0, 0.1) is 5.82 Å². The van der Waals surface area contributed by atoms with E-state index >= 15 is 0 Å². The molecule has 16 heavy (non-hydrogen) atoms. The topological polar surface area (TPSA) is 75.4 Å². The molecule has 4 nitrogen and oxygen atoms in total. The fourth-order valence-corrected chi connectivity index (χ4v) is 1.27. The van der Waals surface area contributed by atoms with Crippen LogP contribution in [0.3, 0.4) is 0 Å². The molecule has 1 aromatic rings. The van der Waals surface area contributed by atoms with E-state index in [1.807, 2.05) is 0 Å². The average Bonchev–Trinajstić information content (AvgIpc) is 2.28. The van der Waals surface area contributed by atoms with Gasteiger partial charge in [-0.25, -0.2) is 4.39 Å². The van der Waals surface area contributed by atoms with Crippen LogP contribution >= 0.6 is 0 Å². The summed E-state index contributed by atoms with van der Waals surface area (Å²) in [6.45, 7) is 0.535. The summed E-state index contributed by atoms with van der Waals surface area (Å²) < 4.78 is 13.0. The van der Waals surface area contributed by atoms with Crippen molar-refractivity contribution in [2.24, 2.45) is 0 Å². The van der Waals surface area contributed by atoms with Crippen molar-refractivity contribution in [3.05, 3.63) is 29.6 Å². The Labute approximate surface area is 93.3 Å². The van der Waals surface area contributed by atoms with Gasteiger partial charge in [0.1, 0.15) is 5.82 Å². The number of aliphatic hydroxyl groups excluding tert-OH is 1. The summed E-state index contributed by atoms with van der Waals surface area (Å²) in [6.07, 6.45) is 1.30. The fraction of sp³-hybridized carbons (Fsp3) is 0.364. The molecular formula is C11H15FN2O2. The predicted octanol–water partition coefficient (Wildman–Crippen LogP) is 0.910. The molecule has 0 saturated carbocycles. The number of nitrogens with two attached hydrogens (primary N) is 1. The van der Waals surface area contributed by atoms with Crippen LogP contribution in [0.2, 0.25) is 0 Å². The predicted molar refractivity (Wildman–Crippen MR) is 59.5 cm³/mol. The Morgan fingerprint density at radius 2 is 2.19 bits per heavy atom. The van der Waals surface area contributed by atoms with Crippen LogP contribution in [0.15, 0.2) is 18.2 Å². The summed E-state index contributed by atoms with van der Waals surface area (Å²) in [5.74, 6) is -0.988. The van der Waals surface area contributed by atoms with Gasteiger partial charge < -0.3 is 16.2 Å². The van der Waals surface area contributed by atoms with E-state index in [0.29, 0.717) is 19.4 Å². The second kappa shape index (κ2) is 6.07. The van der Waals surface area contributed by atoms with Gasteiger partial charge in [0.15, 0.2) is 0 Å². The lowest BCUT2D eigenvalue weighted by molar-refractivity contribution is 0.0952. The molecule has 1 amide bonds. The Balaban J connectivity index is 2.56. The largest absolute Gasteiger partial charge is 0.396 e. The first-order valence-corrected chi connectivity index (χ1v) is 5.10. The standard InChI is InChI=1S/C11H15FN2O2/c12-9-5-3-4-8(10(9)13)11(16)14-6-1-2-7-15/h3-5,15H,1-2,6-7,13H2,(H,14,16). The van der Waals surface area contributed by atoms with Gasteiger partial charge in [0.2, 0.25) is 0 Å². The molecule has 0 fully saturated rings. The minimum absolute atomic E-state index is 0.0952. The highest BCUT2D eigenvalue weighted by molar-refractivity contribution is 5.99. The molecule has 0 radical (unpaired) electrons. The number of rotatable bonds is 5. The molecule has 1 rings (SSSR count). The van der Waals surface area contributed by atoms with E-state index < -0.39 is 11.7 Å². The van der Waals surface area contributed by atoms with Crippen LogP contribution in [0.4, 0.5) is 10.1 Å². The first kappa shape index (κ1) is 12.4. The number of hydrogen-bond acceptors (Lipinski definition) is 3. The van der Waals surface area contributed by atoms with Crippen molar-refractivity contribution in [3.63, 3.8) is 0 Å². The van der Waals surface area contributed by atoms with Gasteiger partial charge >= 0.3 is 0 Å². The Morgan fingerprint density at radius 3 is 2.88 bits per heavy atom. The van der Waals surface area contributed by atoms with Crippen molar-refractivity contribution in [1.29, 1.82) is 0 Å². The quantitative estimate of drug-likeness (QED) is 0.516. The molecule has 5 heteroatoms. The maximum atomic E-state index is 13.0. The number of para-hydroxylation sites is 1. The first-order chi connectivity index (χ1) is 7.66. The van der Waals surface area contributed by atoms with Crippen molar-refractivity contribution in [2.45, 2.75) is 12.8 Å². The summed E-state index contributed by atoms with van der Waals surface area (Å²) in [4.78, 5) is 11.6. The van der Waals surface area contributed by atoms with E-state index in [0.717, 1.165) is 0 Å². The molecule has 88 valence electrons. The van der Waals surface area contributed by atoms with Crippen molar-refractivity contribution >= 4 is 11.6 Å². The van der Waals surface area contributed by atoms with Crippen LogP contribution in [-0.4, -0.2) is 24.2 Å². The summed E-state index contributed by atoms with van der Waals surface area (Å²) in [7, 11) is 0. The number of halogens is 1. The van der Waals surface area contributed by atoms with E-state index in [4.69, 9.17) is 10.8 Å². The van der Waals surface area contributed by atoms with Gasteiger partial charge in [-0.3, -0.25) is 4.79 Å². The van der Waals surface area contributed by atoms with Crippen molar-refractivity contribution in [1.82, 2.24) is 5.32 Å². The lowest BCUT2D eigenvalue weighted by Gasteiger charge is -2.07. The highest BCUT2D eigenvalue weighted by atomic mass is 19.1. The number of aliphatic hydroxyl groups is 1. The Bertz CT molecular complexity index is 369. The number of benzene rings is 1. The zero-order valence-electron chi connectivity index (χ0n) is 8.87. The van der Waals surface area contributed by atoms with Crippen molar-refractivity contribution in [2.75, 3.05) is 18.9 Å². The SMILES string of the molecule is Nc1c(F)cccc1C(=O)NCCCCO. The number of unbranched alkanes of at least 4 members (excludes halogenated alkanes) is 1. The number of hydrogen-bond donors (Lipinski definition) is 3. The van der Waals surface area contributed by atoms with Crippen LogP contribution in [0.25, 0.3) is 0 Å². The molecule has 0 spiro atoms. The van der Waals surface area contributed by atoms with Crippen LogP contribution in [0.1, 0.15) is 23.2 Å². The molecule has 0 atom stereocenters. The summed E-state index contributed by atoms with van der Waals surface area (Å²) in [5.41, 5.74) is 5.44. The number of nitrogen functional groups attached to an aromatic ring is 1. The Kier molecular flexibility index (Phi) is 4.72. The van der Waals surface area contributed by atoms with Gasteiger partial charge in [0.25, 0.3) is 5.91 Å². The maximum absolute atomic E-state index is 13.0. The highest BCUT2D eigenvalue weighted by Crippen LogP contribution is 2.15. The fourth-order valence-electron chi connectivity index (χ4n) is 1.27. The second-order valence-corrected chi connectivity index (χ2v) is 3.39. The van der Waals surface area contributed by atoms with Crippen LogP contribution in [0.5, 0.6) is 0 Å². The molecule has 0 saturated heterocycles. The van der Waals surface area contributed by atoms with E-state index in [-0.39, 0.29) is 17.9 Å². The number of anilines is 1. The van der Waals surface area contributed by atoms with Crippen molar-refractivity contribution < 1.29 is 14.3 Å². The van der Waals surface area contributed by atoms with Gasteiger partial charge in [-0.1, -0.05) is 6.07 Å². The summed E-state index contributed by atoms with van der Waals surface area (Å²) in [6, 6.07) is 4.12. The molecule has 4 N–H and O–H groups in total. The third-order valence-electron chi connectivity index (χ3n) is 2.17. The van der Waals surface area contributed by atoms with Gasteiger partial charge in [-0.15, -0.1) is 0 Å². The van der Waals surface area contributed by atoms with E-state index in [1.54, 1.807) is 0 Å². The molecule has 0 unspecified atom stereocenters. The Hall–Kier alpha value is -1.62.